The molecular weight excluding hydrogens is 168 g/mol. The molecule has 0 bridgehead atoms. The summed E-state index contributed by atoms with van der Waals surface area (Å²) in [4.78, 5) is 3.78. The first-order valence-electron chi connectivity index (χ1n) is 2.35. The van der Waals surface area contributed by atoms with Crippen LogP contribution < -0.4 is 6.15 Å². The van der Waals surface area contributed by atoms with Gasteiger partial charge in [0, 0.05) is 12.4 Å². The smallest absolute Gasteiger partial charge is 0.344 e. The lowest BCUT2D eigenvalue weighted by molar-refractivity contribution is 0.559. The Morgan fingerprint density at radius 2 is 1.27 bits per heavy atom. The van der Waals surface area contributed by atoms with Gasteiger partial charge in [-0.3, -0.25) is 4.98 Å². The van der Waals surface area contributed by atoms with E-state index in [-0.39, 0.29) is 6.15 Å². The molecule has 1 aromatic rings. The first-order chi connectivity index (χ1) is 4.73. The van der Waals surface area contributed by atoms with Crippen molar-refractivity contribution >= 4 is 10.6 Å². The van der Waals surface area contributed by atoms with Crippen molar-refractivity contribution in [1.82, 2.24) is 11.1 Å². The molecule has 0 aliphatic carbocycles. The van der Waals surface area contributed by atoms with E-state index >= 15 is 0 Å². The van der Waals surface area contributed by atoms with E-state index in [2.05, 4.69) is 4.98 Å². The number of hydrogen-bond donors (Lipinski definition) is 1. The second kappa shape index (κ2) is 8.73. The lowest BCUT2D eigenvalue weighted by Crippen LogP contribution is -1.58. The summed E-state index contributed by atoms with van der Waals surface area (Å²) in [5.41, 5.74) is 0. The van der Waals surface area contributed by atoms with Gasteiger partial charge in [0.1, 0.15) is 0 Å². The highest BCUT2D eigenvalue weighted by molar-refractivity contribution is 7.59. The summed E-state index contributed by atoms with van der Waals surface area (Å²) >= 11 is 0. The Kier molecular flexibility index (Phi) is 9.85. The largest absolute Gasteiger partial charge is 0.425 e. The van der Waals surface area contributed by atoms with E-state index in [0.29, 0.717) is 0 Å². The topological polar surface area (TPSA) is 99.1 Å². The molecule has 62 valence electrons. The molecule has 1 heterocycles. The standard InChI is InChI=1S/C5H5N.H3N.O3S/c1-2-4-6-5-3-1;;1-4(2)3/h1-5H;1H3;. The van der Waals surface area contributed by atoms with Gasteiger partial charge < -0.3 is 6.15 Å². The Morgan fingerprint density at radius 1 is 0.909 bits per heavy atom. The second-order valence-electron chi connectivity index (χ2n) is 1.23. The molecule has 3 N–H and O–H groups in total. The monoisotopic (exact) mass is 176 g/mol. The molecule has 0 aliphatic rings. The molecule has 0 spiro atoms. The fourth-order valence-electron chi connectivity index (χ4n) is 0.313. The van der Waals surface area contributed by atoms with Gasteiger partial charge in [-0.05, 0) is 12.1 Å². The van der Waals surface area contributed by atoms with E-state index in [9.17, 15) is 0 Å². The number of nitrogens with zero attached hydrogens (tertiary/aromatic N) is 1. The molecule has 0 amide bonds. The lowest BCUT2D eigenvalue weighted by atomic mass is 10.5. The average molecular weight is 176 g/mol. The quantitative estimate of drug-likeness (QED) is 0.610. The van der Waals surface area contributed by atoms with Gasteiger partial charge in [0.15, 0.2) is 0 Å². The van der Waals surface area contributed by atoms with E-state index in [1.807, 2.05) is 18.2 Å². The van der Waals surface area contributed by atoms with Crippen molar-refractivity contribution in [2.75, 3.05) is 0 Å². The maximum absolute atomic E-state index is 8.44. The number of pyridine rings is 1. The summed E-state index contributed by atoms with van der Waals surface area (Å²) in [7, 11) is -3.11. The van der Waals surface area contributed by atoms with Crippen LogP contribution in [0, 0.1) is 0 Å². The van der Waals surface area contributed by atoms with Crippen LogP contribution in [-0.4, -0.2) is 17.6 Å². The molecule has 0 atom stereocenters. The third-order valence-corrected chi connectivity index (χ3v) is 0.566. The van der Waals surface area contributed by atoms with E-state index in [4.69, 9.17) is 12.6 Å². The zero-order valence-electron chi connectivity index (χ0n) is 5.67. The van der Waals surface area contributed by atoms with Crippen LogP contribution in [0.4, 0.5) is 0 Å². The fourth-order valence-corrected chi connectivity index (χ4v) is 0.313. The molecule has 1 aromatic heterocycles. The predicted octanol–water partition coefficient (Wildman–Crippen LogP) is 0.239. The summed E-state index contributed by atoms with van der Waals surface area (Å²) in [6, 6.07) is 5.72. The van der Waals surface area contributed by atoms with Crippen LogP contribution in [0.5, 0.6) is 0 Å². The zero-order valence-corrected chi connectivity index (χ0v) is 6.49. The van der Waals surface area contributed by atoms with Gasteiger partial charge in [-0.15, -0.1) is 12.6 Å². The van der Waals surface area contributed by atoms with Crippen molar-refractivity contribution in [3.63, 3.8) is 0 Å². The molecule has 1 rings (SSSR count). The molecule has 0 aromatic carbocycles. The van der Waals surface area contributed by atoms with Crippen LogP contribution in [0.3, 0.4) is 0 Å². The minimum absolute atomic E-state index is 0. The molecule has 0 fully saturated rings. The molecule has 5 nitrogen and oxygen atoms in total. The Labute approximate surface area is 65.7 Å². The van der Waals surface area contributed by atoms with Gasteiger partial charge in [0.2, 0.25) is 0 Å². The number of aromatic nitrogens is 1. The third kappa shape index (κ3) is 17.7. The molecular formula is C5H8N2O3S. The molecule has 0 saturated carbocycles. The lowest BCUT2D eigenvalue weighted by Gasteiger charge is -1.70. The Balaban J connectivity index is 0. The summed E-state index contributed by atoms with van der Waals surface area (Å²) in [6.07, 6.45) is 3.50. The summed E-state index contributed by atoms with van der Waals surface area (Å²) in [5.74, 6) is 0. The van der Waals surface area contributed by atoms with E-state index < -0.39 is 10.6 Å². The molecule has 0 aliphatic heterocycles. The predicted molar refractivity (Wildman–Crippen MR) is 39.0 cm³/mol. The first-order valence-corrected chi connectivity index (χ1v) is 3.35. The van der Waals surface area contributed by atoms with Crippen LogP contribution in [0.15, 0.2) is 30.6 Å². The van der Waals surface area contributed by atoms with Crippen molar-refractivity contribution in [3.05, 3.63) is 30.6 Å². The number of hydrogen-bond acceptors (Lipinski definition) is 5. The highest BCUT2D eigenvalue weighted by Gasteiger charge is 1.58. The highest BCUT2D eigenvalue weighted by atomic mass is 32.2. The SMILES string of the molecule is N.O=S(=O)=O.c1ccncc1. The maximum Gasteiger partial charge on any atom is 0.425 e. The van der Waals surface area contributed by atoms with Crippen molar-refractivity contribution in [2.45, 2.75) is 0 Å². The Bertz CT molecular complexity index is 223. The fraction of sp³-hybridized carbons (Fsp3) is 0. The van der Waals surface area contributed by atoms with Crippen LogP contribution in [0.1, 0.15) is 0 Å². The number of rotatable bonds is 0. The third-order valence-electron chi connectivity index (χ3n) is 0.566. The minimum atomic E-state index is -3.11. The van der Waals surface area contributed by atoms with Gasteiger partial charge >= 0.3 is 10.6 Å². The van der Waals surface area contributed by atoms with Crippen LogP contribution in [0.2, 0.25) is 0 Å². The van der Waals surface area contributed by atoms with Crippen LogP contribution in [-0.2, 0) is 10.6 Å². The Hall–Kier alpha value is -1.27. The van der Waals surface area contributed by atoms with Crippen LogP contribution >= 0.6 is 0 Å². The Morgan fingerprint density at radius 3 is 1.36 bits per heavy atom. The van der Waals surface area contributed by atoms with Gasteiger partial charge in [0.05, 0.1) is 0 Å². The molecule has 6 heteroatoms. The van der Waals surface area contributed by atoms with E-state index in [1.165, 1.54) is 0 Å². The minimum Gasteiger partial charge on any atom is -0.344 e. The summed E-state index contributed by atoms with van der Waals surface area (Å²) in [5, 5.41) is 0. The molecule has 11 heavy (non-hydrogen) atoms. The van der Waals surface area contributed by atoms with Crippen molar-refractivity contribution in [1.29, 1.82) is 0 Å². The van der Waals surface area contributed by atoms with Gasteiger partial charge in [-0.2, -0.15) is 0 Å². The van der Waals surface area contributed by atoms with Crippen LogP contribution in [0.25, 0.3) is 0 Å². The van der Waals surface area contributed by atoms with Crippen molar-refractivity contribution in [2.24, 2.45) is 0 Å². The van der Waals surface area contributed by atoms with Gasteiger partial charge in [-0.1, -0.05) is 6.07 Å². The molecule has 0 radical (unpaired) electrons. The molecule has 0 saturated heterocycles. The zero-order chi connectivity index (χ0) is 7.82. The van der Waals surface area contributed by atoms with Gasteiger partial charge in [0.25, 0.3) is 0 Å². The summed E-state index contributed by atoms with van der Waals surface area (Å²) < 4.78 is 25.3. The van der Waals surface area contributed by atoms with Crippen molar-refractivity contribution in [3.8, 4) is 0 Å². The first kappa shape index (κ1) is 12.4. The van der Waals surface area contributed by atoms with E-state index in [0.717, 1.165) is 0 Å². The highest BCUT2D eigenvalue weighted by Crippen LogP contribution is 1.73. The molecule has 0 unspecified atom stereocenters. The second-order valence-corrected chi connectivity index (χ2v) is 1.64. The van der Waals surface area contributed by atoms with E-state index in [1.54, 1.807) is 12.4 Å². The maximum atomic E-state index is 8.44. The van der Waals surface area contributed by atoms with Crippen molar-refractivity contribution < 1.29 is 12.6 Å². The summed E-state index contributed by atoms with van der Waals surface area (Å²) in [6.45, 7) is 0. The van der Waals surface area contributed by atoms with Gasteiger partial charge in [-0.25, -0.2) is 0 Å². The average Bonchev–Trinajstić information content (AvgIpc) is 1.90. The normalized spacial score (nSPS) is 6.55.